The Morgan fingerprint density at radius 2 is 2.00 bits per heavy atom. The first kappa shape index (κ1) is 18.9. The predicted octanol–water partition coefficient (Wildman–Crippen LogP) is 1.15. The molecule has 0 saturated carbocycles. The summed E-state index contributed by atoms with van der Waals surface area (Å²) in [5, 5.41) is 2.62. The average Bonchev–Trinajstić information content (AvgIpc) is 2.48. The van der Waals surface area contributed by atoms with Gasteiger partial charge in [0.1, 0.15) is 12.6 Å². The molecule has 23 heavy (non-hydrogen) atoms. The van der Waals surface area contributed by atoms with E-state index in [0.29, 0.717) is 0 Å². The van der Waals surface area contributed by atoms with Crippen LogP contribution in [0.5, 0.6) is 0 Å². The maximum Gasteiger partial charge on any atom is 0.416 e. The zero-order chi connectivity index (χ0) is 17.5. The average molecular weight is 333 g/mol. The number of alkyl halides is 3. The fourth-order valence-corrected chi connectivity index (χ4v) is 1.83. The fourth-order valence-electron chi connectivity index (χ4n) is 1.83. The number of likely N-dealkylation sites (N-methyl/N-ethyl adjacent to an activating group) is 1. The molecular weight excluding hydrogens is 315 g/mol. The van der Waals surface area contributed by atoms with Gasteiger partial charge in [-0.1, -0.05) is 12.1 Å². The molecule has 0 heterocycles. The van der Waals surface area contributed by atoms with Crippen molar-refractivity contribution in [3.8, 4) is 0 Å². The molecule has 0 fully saturated rings. The van der Waals surface area contributed by atoms with Crippen molar-refractivity contribution in [2.75, 3.05) is 20.2 Å². The molecular formula is C14H18F3N3O3. The molecule has 9 heteroatoms. The minimum Gasteiger partial charge on any atom is -0.465 e. The summed E-state index contributed by atoms with van der Waals surface area (Å²) in [5.41, 5.74) is 3.91. The minimum atomic E-state index is -4.49. The second-order valence-corrected chi connectivity index (χ2v) is 4.49. The van der Waals surface area contributed by atoms with Crippen molar-refractivity contribution in [2.45, 2.75) is 19.1 Å². The molecule has 0 saturated heterocycles. The predicted molar refractivity (Wildman–Crippen MR) is 76.0 cm³/mol. The Morgan fingerprint density at radius 1 is 1.30 bits per heavy atom. The number of carbonyl (C=O) groups is 2. The van der Waals surface area contributed by atoms with Gasteiger partial charge in [0.15, 0.2) is 0 Å². The summed E-state index contributed by atoms with van der Waals surface area (Å²) in [5.74, 6) is -1.19. The second kappa shape index (κ2) is 8.49. The summed E-state index contributed by atoms with van der Waals surface area (Å²) in [7, 11) is 1.44. The largest absolute Gasteiger partial charge is 0.465 e. The molecule has 1 aromatic carbocycles. The topological polar surface area (TPSA) is 79.5 Å². The molecule has 1 amide bonds. The maximum absolute atomic E-state index is 12.7. The molecule has 0 aliphatic heterocycles. The van der Waals surface area contributed by atoms with E-state index in [1.54, 1.807) is 6.92 Å². The van der Waals surface area contributed by atoms with Gasteiger partial charge in [0, 0.05) is 0 Å². The second-order valence-electron chi connectivity index (χ2n) is 4.49. The number of halogens is 3. The SMILES string of the molecule is CCOC(=O)CNNC(=O)C(NC)c1cccc(C(F)(F)F)c1. The van der Waals surface area contributed by atoms with E-state index in [0.717, 1.165) is 12.1 Å². The zero-order valence-corrected chi connectivity index (χ0v) is 12.7. The maximum atomic E-state index is 12.7. The number of esters is 1. The van der Waals surface area contributed by atoms with Crippen molar-refractivity contribution in [3.63, 3.8) is 0 Å². The van der Waals surface area contributed by atoms with E-state index in [9.17, 15) is 22.8 Å². The molecule has 6 nitrogen and oxygen atoms in total. The third-order valence-electron chi connectivity index (χ3n) is 2.85. The lowest BCUT2D eigenvalue weighted by atomic mass is 10.0. The molecule has 128 valence electrons. The number of amides is 1. The van der Waals surface area contributed by atoms with Crippen LogP contribution in [-0.2, 0) is 20.5 Å². The summed E-state index contributed by atoms with van der Waals surface area (Å²) in [4.78, 5) is 23.1. The molecule has 0 spiro atoms. The number of benzene rings is 1. The van der Waals surface area contributed by atoms with Crippen molar-refractivity contribution < 1.29 is 27.5 Å². The molecule has 0 bridgehead atoms. The van der Waals surface area contributed by atoms with Crippen molar-refractivity contribution in [3.05, 3.63) is 35.4 Å². The summed E-state index contributed by atoms with van der Waals surface area (Å²) in [6, 6.07) is 3.44. The number of ether oxygens (including phenoxy) is 1. The lowest BCUT2D eigenvalue weighted by Gasteiger charge is -2.18. The van der Waals surface area contributed by atoms with Crippen LogP contribution in [0.4, 0.5) is 13.2 Å². The summed E-state index contributed by atoms with van der Waals surface area (Å²) >= 11 is 0. The monoisotopic (exact) mass is 333 g/mol. The fraction of sp³-hybridized carbons (Fsp3) is 0.429. The van der Waals surface area contributed by atoms with Gasteiger partial charge in [-0.3, -0.25) is 15.0 Å². The van der Waals surface area contributed by atoms with Gasteiger partial charge in [-0.15, -0.1) is 0 Å². The molecule has 1 aromatic rings. The van der Waals surface area contributed by atoms with Crippen molar-refractivity contribution in [1.82, 2.24) is 16.2 Å². The lowest BCUT2D eigenvalue weighted by molar-refractivity contribution is -0.142. The van der Waals surface area contributed by atoms with Crippen LogP contribution in [0.2, 0.25) is 0 Å². The standard InChI is InChI=1S/C14H18F3N3O3/c1-3-23-11(21)8-19-20-13(22)12(18-2)9-5-4-6-10(7-9)14(15,16)17/h4-7,12,18-19H,3,8H2,1-2H3,(H,20,22). The van der Waals surface area contributed by atoms with Gasteiger partial charge in [0.25, 0.3) is 5.91 Å². The van der Waals surface area contributed by atoms with Crippen LogP contribution in [0.1, 0.15) is 24.1 Å². The lowest BCUT2D eigenvalue weighted by Crippen LogP contribution is -2.45. The van der Waals surface area contributed by atoms with Crippen LogP contribution in [0.15, 0.2) is 24.3 Å². The smallest absolute Gasteiger partial charge is 0.416 e. The van der Waals surface area contributed by atoms with Crippen LogP contribution in [0, 0.1) is 0 Å². The molecule has 1 rings (SSSR count). The molecule has 0 aliphatic carbocycles. The van der Waals surface area contributed by atoms with Crippen molar-refractivity contribution in [1.29, 1.82) is 0 Å². The number of hydrogen-bond donors (Lipinski definition) is 3. The van der Waals surface area contributed by atoms with Crippen LogP contribution < -0.4 is 16.2 Å². The quantitative estimate of drug-likeness (QED) is 0.515. The van der Waals surface area contributed by atoms with E-state index < -0.39 is 29.7 Å². The van der Waals surface area contributed by atoms with Gasteiger partial charge < -0.3 is 10.1 Å². The highest BCUT2D eigenvalue weighted by Gasteiger charge is 2.31. The Balaban J connectivity index is 2.72. The number of carbonyl (C=O) groups excluding carboxylic acids is 2. The first-order valence-corrected chi connectivity index (χ1v) is 6.82. The van der Waals surface area contributed by atoms with Gasteiger partial charge in [-0.05, 0) is 31.7 Å². The van der Waals surface area contributed by atoms with Crippen molar-refractivity contribution in [2.24, 2.45) is 0 Å². The van der Waals surface area contributed by atoms with Crippen LogP contribution in [-0.4, -0.2) is 32.1 Å². The number of hydrazine groups is 1. The highest BCUT2D eigenvalue weighted by molar-refractivity contribution is 5.83. The van der Waals surface area contributed by atoms with Gasteiger partial charge in [0.05, 0.1) is 12.2 Å². The molecule has 1 atom stereocenters. The highest BCUT2D eigenvalue weighted by Crippen LogP contribution is 2.30. The third kappa shape index (κ3) is 5.87. The molecule has 1 unspecified atom stereocenters. The van der Waals surface area contributed by atoms with Crippen LogP contribution >= 0.6 is 0 Å². The number of hydrogen-bond acceptors (Lipinski definition) is 5. The summed E-state index contributed by atoms with van der Waals surface area (Å²) in [6.45, 7) is 1.59. The first-order valence-electron chi connectivity index (χ1n) is 6.82. The third-order valence-corrected chi connectivity index (χ3v) is 2.85. The Bertz CT molecular complexity index is 550. The zero-order valence-electron chi connectivity index (χ0n) is 12.7. The molecule has 0 radical (unpaired) electrons. The van der Waals surface area contributed by atoms with Gasteiger partial charge in [-0.25, -0.2) is 5.43 Å². The number of nitrogens with one attached hydrogen (secondary N) is 3. The van der Waals surface area contributed by atoms with Crippen molar-refractivity contribution >= 4 is 11.9 Å². The van der Waals surface area contributed by atoms with Gasteiger partial charge in [0.2, 0.25) is 0 Å². The minimum absolute atomic E-state index is 0.151. The Morgan fingerprint density at radius 3 is 2.57 bits per heavy atom. The van der Waals surface area contributed by atoms with E-state index in [-0.39, 0.29) is 18.7 Å². The van der Waals surface area contributed by atoms with E-state index in [2.05, 4.69) is 20.9 Å². The summed E-state index contributed by atoms with van der Waals surface area (Å²) < 4.78 is 42.8. The van der Waals surface area contributed by atoms with E-state index in [1.807, 2.05) is 0 Å². The molecule has 0 aliphatic rings. The van der Waals surface area contributed by atoms with E-state index >= 15 is 0 Å². The van der Waals surface area contributed by atoms with Crippen LogP contribution in [0.3, 0.4) is 0 Å². The van der Waals surface area contributed by atoms with E-state index in [4.69, 9.17) is 0 Å². The van der Waals surface area contributed by atoms with E-state index in [1.165, 1.54) is 19.2 Å². The Hall–Kier alpha value is -2.13. The van der Waals surface area contributed by atoms with Crippen LogP contribution in [0.25, 0.3) is 0 Å². The van der Waals surface area contributed by atoms with Gasteiger partial charge >= 0.3 is 12.1 Å². The number of rotatable bonds is 7. The Labute approximate surface area is 131 Å². The normalized spacial score (nSPS) is 12.6. The highest BCUT2D eigenvalue weighted by atomic mass is 19.4. The van der Waals surface area contributed by atoms with Gasteiger partial charge in [-0.2, -0.15) is 13.2 Å². The first-order chi connectivity index (χ1) is 10.8. The molecule has 3 N–H and O–H groups in total. The molecule has 0 aromatic heterocycles. The summed E-state index contributed by atoms with van der Waals surface area (Å²) in [6.07, 6.45) is -4.49. The Kier molecular flexibility index (Phi) is 6.98.